The maximum absolute atomic E-state index is 11.5. The molecular formula is C20H32N4O. The topological polar surface area (TPSA) is 38.8 Å². The maximum atomic E-state index is 11.5. The fourth-order valence-electron chi connectivity index (χ4n) is 4.08. The average Bonchev–Trinajstić information content (AvgIpc) is 2.62. The molecule has 138 valence electrons. The average molecular weight is 345 g/mol. The minimum absolute atomic E-state index is 0.187. The number of hydrogen-bond acceptors (Lipinski definition) is 4. The predicted octanol–water partition coefficient (Wildman–Crippen LogP) is 1.79. The highest BCUT2D eigenvalue weighted by molar-refractivity contribution is 5.73. The molecule has 0 spiro atoms. The molecule has 0 aliphatic carbocycles. The molecule has 0 radical (unpaired) electrons. The minimum atomic E-state index is 0.187. The molecule has 25 heavy (non-hydrogen) atoms. The van der Waals surface area contributed by atoms with E-state index in [9.17, 15) is 4.79 Å². The van der Waals surface area contributed by atoms with Gasteiger partial charge in [0.2, 0.25) is 5.91 Å². The number of anilines is 1. The third-order valence-electron chi connectivity index (χ3n) is 5.53. The molecule has 0 aromatic heterocycles. The lowest BCUT2D eigenvalue weighted by Crippen LogP contribution is -2.48. The Kier molecular flexibility index (Phi) is 6.32. The van der Waals surface area contributed by atoms with Crippen LogP contribution in [0.1, 0.15) is 25.3 Å². The number of rotatable bonds is 5. The van der Waals surface area contributed by atoms with Crippen molar-refractivity contribution in [1.82, 2.24) is 15.1 Å². The molecule has 2 aliphatic heterocycles. The van der Waals surface area contributed by atoms with E-state index in [0.29, 0.717) is 0 Å². The molecule has 2 aliphatic rings. The van der Waals surface area contributed by atoms with Gasteiger partial charge in [0, 0.05) is 51.9 Å². The number of nitrogens with one attached hydrogen (secondary N) is 1. The first-order valence-corrected chi connectivity index (χ1v) is 9.61. The number of amides is 1. The second-order valence-corrected chi connectivity index (χ2v) is 7.52. The van der Waals surface area contributed by atoms with Gasteiger partial charge in [-0.15, -0.1) is 0 Å². The van der Waals surface area contributed by atoms with Gasteiger partial charge in [0.25, 0.3) is 0 Å². The molecule has 1 amide bonds. The largest absolute Gasteiger partial charge is 0.368 e. The summed E-state index contributed by atoms with van der Waals surface area (Å²) in [6.07, 6.45) is 2.66. The normalized spacial score (nSPS) is 22.2. The summed E-state index contributed by atoms with van der Waals surface area (Å²) < 4.78 is 0. The first-order valence-electron chi connectivity index (χ1n) is 9.61. The van der Waals surface area contributed by atoms with Crippen LogP contribution >= 0.6 is 0 Å². The van der Waals surface area contributed by atoms with E-state index >= 15 is 0 Å². The molecular weight excluding hydrogens is 312 g/mol. The van der Waals surface area contributed by atoms with Gasteiger partial charge in [0.05, 0.1) is 0 Å². The van der Waals surface area contributed by atoms with Gasteiger partial charge < -0.3 is 20.0 Å². The molecule has 2 heterocycles. The summed E-state index contributed by atoms with van der Waals surface area (Å²) in [6, 6.07) is 8.69. The standard InChI is InChI=1S/C20H32N4O/c1-17(25)23-10-12-24(13-11-23)20-8-4-3-7-19(20)15-21-14-18-6-5-9-22(2)16-18/h3-4,7-8,18,21H,5-6,9-16H2,1-2H3. The van der Waals surface area contributed by atoms with Gasteiger partial charge in [-0.3, -0.25) is 4.79 Å². The van der Waals surface area contributed by atoms with E-state index in [-0.39, 0.29) is 5.91 Å². The van der Waals surface area contributed by atoms with Gasteiger partial charge in [-0.05, 0) is 50.5 Å². The number of benzene rings is 1. The summed E-state index contributed by atoms with van der Waals surface area (Å²) in [5, 5.41) is 3.68. The van der Waals surface area contributed by atoms with Crippen LogP contribution in [0.5, 0.6) is 0 Å². The van der Waals surface area contributed by atoms with E-state index in [1.165, 1.54) is 37.2 Å². The van der Waals surface area contributed by atoms with Crippen LogP contribution in [0.3, 0.4) is 0 Å². The molecule has 5 nitrogen and oxygen atoms in total. The van der Waals surface area contributed by atoms with E-state index < -0.39 is 0 Å². The van der Waals surface area contributed by atoms with Gasteiger partial charge in [0.1, 0.15) is 0 Å². The third kappa shape index (κ3) is 4.95. The molecule has 1 atom stereocenters. The van der Waals surface area contributed by atoms with Crippen LogP contribution in [0, 0.1) is 5.92 Å². The zero-order valence-electron chi connectivity index (χ0n) is 15.7. The van der Waals surface area contributed by atoms with Crippen LogP contribution in [-0.4, -0.2) is 68.6 Å². The van der Waals surface area contributed by atoms with E-state index in [1.807, 2.05) is 4.90 Å². The van der Waals surface area contributed by atoms with Gasteiger partial charge >= 0.3 is 0 Å². The molecule has 1 aromatic carbocycles. The van der Waals surface area contributed by atoms with Crippen molar-refractivity contribution in [1.29, 1.82) is 0 Å². The Morgan fingerprint density at radius 3 is 2.64 bits per heavy atom. The van der Waals surface area contributed by atoms with Crippen LogP contribution in [-0.2, 0) is 11.3 Å². The zero-order valence-corrected chi connectivity index (χ0v) is 15.7. The Morgan fingerprint density at radius 1 is 1.16 bits per heavy atom. The number of carbonyl (C=O) groups is 1. The Balaban J connectivity index is 1.53. The lowest BCUT2D eigenvalue weighted by molar-refractivity contribution is -0.129. The second kappa shape index (κ2) is 8.68. The Morgan fingerprint density at radius 2 is 1.92 bits per heavy atom. The molecule has 1 N–H and O–H groups in total. The summed E-state index contributed by atoms with van der Waals surface area (Å²) in [7, 11) is 2.22. The Labute approximate surface area is 152 Å². The Bertz CT molecular complexity index is 569. The quantitative estimate of drug-likeness (QED) is 0.884. The summed E-state index contributed by atoms with van der Waals surface area (Å²) in [5.74, 6) is 0.956. The lowest BCUT2D eigenvalue weighted by Gasteiger charge is -2.36. The van der Waals surface area contributed by atoms with Crippen molar-refractivity contribution in [2.75, 3.05) is 57.8 Å². The Hall–Kier alpha value is -1.59. The summed E-state index contributed by atoms with van der Waals surface area (Å²) in [4.78, 5) is 18.3. The monoisotopic (exact) mass is 344 g/mol. The SMILES string of the molecule is CC(=O)N1CCN(c2ccccc2CNCC2CCCN(C)C2)CC1. The molecule has 2 fully saturated rings. The highest BCUT2D eigenvalue weighted by Crippen LogP contribution is 2.22. The minimum Gasteiger partial charge on any atom is -0.368 e. The number of para-hydroxylation sites is 1. The van der Waals surface area contributed by atoms with Crippen molar-refractivity contribution < 1.29 is 4.79 Å². The van der Waals surface area contributed by atoms with Crippen molar-refractivity contribution in [2.45, 2.75) is 26.3 Å². The van der Waals surface area contributed by atoms with Crippen LogP contribution in [0.25, 0.3) is 0 Å². The first kappa shape index (κ1) is 18.2. The number of carbonyl (C=O) groups excluding carboxylic acids is 1. The smallest absolute Gasteiger partial charge is 0.219 e. The molecule has 1 unspecified atom stereocenters. The number of hydrogen-bond donors (Lipinski definition) is 1. The molecule has 2 saturated heterocycles. The summed E-state index contributed by atoms with van der Waals surface area (Å²) in [6.45, 7) is 9.62. The van der Waals surface area contributed by atoms with Crippen molar-refractivity contribution in [3.05, 3.63) is 29.8 Å². The zero-order chi connectivity index (χ0) is 17.6. The van der Waals surface area contributed by atoms with Gasteiger partial charge in [-0.1, -0.05) is 18.2 Å². The van der Waals surface area contributed by atoms with E-state index in [4.69, 9.17) is 0 Å². The van der Waals surface area contributed by atoms with Gasteiger partial charge in [-0.2, -0.15) is 0 Å². The fraction of sp³-hybridized carbons (Fsp3) is 0.650. The van der Waals surface area contributed by atoms with E-state index in [2.05, 4.69) is 46.4 Å². The van der Waals surface area contributed by atoms with Crippen LogP contribution in [0.2, 0.25) is 0 Å². The van der Waals surface area contributed by atoms with E-state index in [0.717, 1.165) is 45.2 Å². The van der Waals surface area contributed by atoms with Crippen molar-refractivity contribution in [2.24, 2.45) is 5.92 Å². The van der Waals surface area contributed by atoms with Crippen LogP contribution in [0.15, 0.2) is 24.3 Å². The van der Waals surface area contributed by atoms with Crippen molar-refractivity contribution in [3.63, 3.8) is 0 Å². The number of piperidine rings is 1. The van der Waals surface area contributed by atoms with E-state index in [1.54, 1.807) is 6.92 Å². The molecule has 5 heteroatoms. The highest BCUT2D eigenvalue weighted by atomic mass is 16.2. The predicted molar refractivity (Wildman–Crippen MR) is 103 cm³/mol. The fourth-order valence-corrected chi connectivity index (χ4v) is 4.08. The molecule has 3 rings (SSSR count). The molecule has 0 saturated carbocycles. The maximum Gasteiger partial charge on any atom is 0.219 e. The van der Waals surface area contributed by atoms with Crippen LogP contribution < -0.4 is 10.2 Å². The lowest BCUT2D eigenvalue weighted by atomic mass is 9.98. The molecule has 1 aromatic rings. The molecule has 0 bridgehead atoms. The van der Waals surface area contributed by atoms with Crippen molar-refractivity contribution in [3.8, 4) is 0 Å². The number of nitrogens with zero attached hydrogens (tertiary/aromatic N) is 3. The number of likely N-dealkylation sites (tertiary alicyclic amines) is 1. The second-order valence-electron chi connectivity index (χ2n) is 7.52. The summed E-state index contributed by atoms with van der Waals surface area (Å²) >= 11 is 0. The van der Waals surface area contributed by atoms with Gasteiger partial charge in [0.15, 0.2) is 0 Å². The summed E-state index contributed by atoms with van der Waals surface area (Å²) in [5.41, 5.74) is 2.68. The van der Waals surface area contributed by atoms with Crippen LogP contribution in [0.4, 0.5) is 5.69 Å². The van der Waals surface area contributed by atoms with Gasteiger partial charge in [-0.25, -0.2) is 0 Å². The highest BCUT2D eigenvalue weighted by Gasteiger charge is 2.21. The number of piperazine rings is 1. The van der Waals surface area contributed by atoms with Crippen molar-refractivity contribution >= 4 is 11.6 Å². The first-order chi connectivity index (χ1) is 12.1. The third-order valence-corrected chi connectivity index (χ3v) is 5.53.